The number of ether oxygens (including phenoxy) is 2. The third-order valence-electron chi connectivity index (χ3n) is 6.06. The van der Waals surface area contributed by atoms with E-state index in [1.54, 1.807) is 0 Å². The van der Waals surface area contributed by atoms with Gasteiger partial charge in [0.15, 0.2) is 0 Å². The summed E-state index contributed by atoms with van der Waals surface area (Å²) in [4.78, 5) is 24.5. The molecule has 2 unspecified atom stereocenters. The standard InChI is InChI=1S/C28H52O4/c1-7-9-11-13-15-17-19-25(23(3)4)31-27(29)21-22-28(30)32-26(24(5)6)20-18-16-14-12-10-8-2/h21-26H,7-20H2,1-6H3/b22-21+. The van der Waals surface area contributed by atoms with Crippen LogP contribution >= 0.6 is 0 Å². The van der Waals surface area contributed by atoms with Crippen molar-refractivity contribution in [2.75, 3.05) is 0 Å². The molecule has 188 valence electrons. The van der Waals surface area contributed by atoms with Crippen molar-refractivity contribution in [3.8, 4) is 0 Å². The molecule has 0 heterocycles. The molecule has 0 bridgehead atoms. The van der Waals surface area contributed by atoms with Crippen LogP contribution in [0.15, 0.2) is 12.2 Å². The zero-order valence-electron chi connectivity index (χ0n) is 22.0. The number of rotatable bonds is 20. The van der Waals surface area contributed by atoms with E-state index in [2.05, 4.69) is 41.5 Å². The molecular weight excluding hydrogens is 400 g/mol. The average Bonchev–Trinajstić information content (AvgIpc) is 2.75. The predicted molar refractivity (Wildman–Crippen MR) is 135 cm³/mol. The molecule has 0 saturated heterocycles. The van der Waals surface area contributed by atoms with Crippen molar-refractivity contribution >= 4 is 11.9 Å². The molecule has 0 fully saturated rings. The van der Waals surface area contributed by atoms with Crippen LogP contribution in [0.2, 0.25) is 0 Å². The average molecular weight is 453 g/mol. The lowest BCUT2D eigenvalue weighted by Gasteiger charge is -2.21. The molecule has 0 saturated carbocycles. The summed E-state index contributed by atoms with van der Waals surface area (Å²) in [5.41, 5.74) is 0. The Kier molecular flexibility index (Phi) is 19.5. The van der Waals surface area contributed by atoms with Crippen molar-refractivity contribution in [3.05, 3.63) is 12.2 Å². The topological polar surface area (TPSA) is 52.6 Å². The van der Waals surface area contributed by atoms with E-state index < -0.39 is 11.9 Å². The summed E-state index contributed by atoms with van der Waals surface area (Å²) in [6, 6.07) is 0. The fourth-order valence-electron chi connectivity index (χ4n) is 3.82. The molecule has 4 nitrogen and oxygen atoms in total. The van der Waals surface area contributed by atoms with Crippen molar-refractivity contribution in [3.63, 3.8) is 0 Å². The zero-order valence-corrected chi connectivity index (χ0v) is 22.0. The number of esters is 2. The lowest BCUT2D eigenvalue weighted by molar-refractivity contribution is -0.148. The Morgan fingerprint density at radius 1 is 0.562 bits per heavy atom. The molecule has 0 aliphatic heterocycles. The van der Waals surface area contributed by atoms with E-state index >= 15 is 0 Å². The van der Waals surface area contributed by atoms with Crippen molar-refractivity contribution in [1.82, 2.24) is 0 Å². The predicted octanol–water partition coefficient (Wildman–Crippen LogP) is 8.18. The van der Waals surface area contributed by atoms with Crippen LogP contribution in [-0.2, 0) is 19.1 Å². The summed E-state index contributed by atoms with van der Waals surface area (Å²) >= 11 is 0. The van der Waals surface area contributed by atoms with Gasteiger partial charge in [-0.15, -0.1) is 0 Å². The van der Waals surface area contributed by atoms with Gasteiger partial charge in [0.25, 0.3) is 0 Å². The highest BCUT2D eigenvalue weighted by Crippen LogP contribution is 2.18. The molecule has 0 aliphatic rings. The van der Waals surface area contributed by atoms with E-state index in [0.717, 1.165) is 25.7 Å². The van der Waals surface area contributed by atoms with Gasteiger partial charge in [0.05, 0.1) is 0 Å². The van der Waals surface area contributed by atoms with E-state index in [0.29, 0.717) is 0 Å². The van der Waals surface area contributed by atoms with Gasteiger partial charge in [0.2, 0.25) is 0 Å². The number of hydrogen-bond acceptors (Lipinski definition) is 4. The summed E-state index contributed by atoms with van der Waals surface area (Å²) in [6.45, 7) is 12.7. The lowest BCUT2D eigenvalue weighted by Crippen LogP contribution is -2.24. The highest BCUT2D eigenvalue weighted by molar-refractivity contribution is 5.91. The van der Waals surface area contributed by atoms with Crippen molar-refractivity contribution in [2.24, 2.45) is 11.8 Å². The highest BCUT2D eigenvalue weighted by atomic mass is 16.5. The Bertz CT molecular complexity index is 452. The van der Waals surface area contributed by atoms with E-state index in [1.165, 1.54) is 76.4 Å². The van der Waals surface area contributed by atoms with Crippen LogP contribution in [-0.4, -0.2) is 24.1 Å². The Morgan fingerprint density at radius 3 is 1.19 bits per heavy atom. The Morgan fingerprint density at radius 2 is 0.875 bits per heavy atom. The molecule has 0 rings (SSSR count). The first-order valence-corrected chi connectivity index (χ1v) is 13.4. The minimum absolute atomic E-state index is 0.106. The third kappa shape index (κ3) is 17.3. The molecule has 32 heavy (non-hydrogen) atoms. The van der Waals surface area contributed by atoms with Crippen molar-refractivity contribution < 1.29 is 19.1 Å². The van der Waals surface area contributed by atoms with Gasteiger partial charge in [0, 0.05) is 12.2 Å². The molecule has 0 N–H and O–H groups in total. The molecule has 0 aromatic rings. The zero-order chi connectivity index (χ0) is 24.2. The molecule has 0 spiro atoms. The third-order valence-corrected chi connectivity index (χ3v) is 6.06. The van der Waals surface area contributed by atoms with Crippen molar-refractivity contribution in [1.29, 1.82) is 0 Å². The van der Waals surface area contributed by atoms with E-state index in [4.69, 9.17) is 9.47 Å². The first-order valence-electron chi connectivity index (χ1n) is 13.4. The van der Waals surface area contributed by atoms with Gasteiger partial charge < -0.3 is 9.47 Å². The number of carbonyl (C=O) groups is 2. The van der Waals surface area contributed by atoms with Crippen LogP contribution in [0.25, 0.3) is 0 Å². The molecule has 2 atom stereocenters. The quantitative estimate of drug-likeness (QED) is 0.106. The second-order valence-electron chi connectivity index (χ2n) is 9.88. The molecule has 0 radical (unpaired) electrons. The minimum atomic E-state index is -0.455. The van der Waals surface area contributed by atoms with Crippen molar-refractivity contribution in [2.45, 2.75) is 144 Å². The highest BCUT2D eigenvalue weighted by Gasteiger charge is 2.19. The molecular formula is C28H52O4. The van der Waals surface area contributed by atoms with Gasteiger partial charge >= 0.3 is 11.9 Å². The van der Waals surface area contributed by atoms with Gasteiger partial charge in [-0.2, -0.15) is 0 Å². The van der Waals surface area contributed by atoms with E-state index in [9.17, 15) is 9.59 Å². The summed E-state index contributed by atoms with van der Waals surface area (Å²) in [6.07, 6.45) is 18.6. The first kappa shape index (κ1) is 30.7. The second-order valence-corrected chi connectivity index (χ2v) is 9.88. The van der Waals surface area contributed by atoms with Crippen LogP contribution in [0.3, 0.4) is 0 Å². The Hall–Kier alpha value is -1.32. The van der Waals surface area contributed by atoms with Gasteiger partial charge in [-0.25, -0.2) is 9.59 Å². The van der Waals surface area contributed by atoms with Gasteiger partial charge in [-0.1, -0.05) is 106 Å². The second kappa shape index (κ2) is 20.3. The summed E-state index contributed by atoms with van der Waals surface area (Å²) in [5.74, 6) is -0.387. The van der Waals surface area contributed by atoms with Gasteiger partial charge in [-0.05, 0) is 37.5 Å². The minimum Gasteiger partial charge on any atom is -0.459 e. The SMILES string of the molecule is CCCCCCCCC(OC(=O)/C=C/C(=O)OC(CCCCCCCC)C(C)C)C(C)C. The molecule has 0 aromatic carbocycles. The van der Waals surface area contributed by atoms with Crippen LogP contribution in [0.5, 0.6) is 0 Å². The fourth-order valence-corrected chi connectivity index (χ4v) is 3.82. The normalized spacial score (nSPS) is 13.6. The first-order chi connectivity index (χ1) is 15.3. The largest absolute Gasteiger partial charge is 0.459 e. The van der Waals surface area contributed by atoms with E-state index in [1.807, 2.05) is 0 Å². The maximum Gasteiger partial charge on any atom is 0.331 e. The lowest BCUT2D eigenvalue weighted by atomic mass is 9.99. The van der Waals surface area contributed by atoms with Gasteiger partial charge in [-0.3, -0.25) is 0 Å². The monoisotopic (exact) mass is 452 g/mol. The molecule has 0 aromatic heterocycles. The number of unbranched alkanes of at least 4 members (excludes halogenated alkanes) is 10. The van der Waals surface area contributed by atoms with Crippen LogP contribution in [0, 0.1) is 11.8 Å². The van der Waals surface area contributed by atoms with Crippen LogP contribution in [0.1, 0.15) is 131 Å². The molecule has 0 amide bonds. The Balaban J connectivity index is 4.35. The van der Waals surface area contributed by atoms with E-state index in [-0.39, 0.29) is 24.0 Å². The fraction of sp³-hybridized carbons (Fsp3) is 0.857. The Labute approximate surface area is 198 Å². The molecule has 0 aliphatic carbocycles. The van der Waals surface area contributed by atoms with Crippen LogP contribution < -0.4 is 0 Å². The molecule has 4 heteroatoms. The maximum absolute atomic E-state index is 12.2. The van der Waals surface area contributed by atoms with Gasteiger partial charge in [0.1, 0.15) is 12.2 Å². The summed E-state index contributed by atoms with van der Waals surface area (Å²) in [5, 5.41) is 0. The van der Waals surface area contributed by atoms with Crippen LogP contribution in [0.4, 0.5) is 0 Å². The number of hydrogen-bond donors (Lipinski definition) is 0. The smallest absolute Gasteiger partial charge is 0.331 e. The maximum atomic E-state index is 12.2. The summed E-state index contributed by atoms with van der Waals surface area (Å²) < 4.78 is 11.2. The number of carbonyl (C=O) groups excluding carboxylic acids is 2. The summed E-state index contributed by atoms with van der Waals surface area (Å²) in [7, 11) is 0.